The average molecular weight is 267 g/mol. The Morgan fingerprint density at radius 3 is 2.39 bits per heavy atom. The van der Waals surface area contributed by atoms with Gasteiger partial charge in [0.05, 0.1) is 19.2 Å². The zero-order valence-corrected chi connectivity index (χ0v) is 12.5. The van der Waals surface area contributed by atoms with E-state index in [0.29, 0.717) is 6.54 Å². The highest BCUT2D eigenvalue weighted by Gasteiger charge is 2.17. The second-order valence-corrected chi connectivity index (χ2v) is 5.52. The Labute approximate surface area is 114 Å². The van der Waals surface area contributed by atoms with Gasteiger partial charge in [0.15, 0.2) is 0 Å². The van der Waals surface area contributed by atoms with E-state index in [1.165, 1.54) is 0 Å². The molecule has 0 saturated carbocycles. The van der Waals surface area contributed by atoms with Gasteiger partial charge in [-0.1, -0.05) is 33.0 Å². The predicted molar refractivity (Wildman–Crippen MR) is 78.4 cm³/mol. The summed E-state index contributed by atoms with van der Waals surface area (Å²) in [5.74, 6) is 1.65. The highest BCUT2D eigenvalue weighted by molar-refractivity contribution is 7.80. The van der Waals surface area contributed by atoms with Gasteiger partial charge in [0.2, 0.25) is 0 Å². The normalized spacial score (nSPS) is 10.9. The predicted octanol–water partition coefficient (Wildman–Crippen LogP) is 3.17. The van der Waals surface area contributed by atoms with Gasteiger partial charge in [0, 0.05) is 17.5 Å². The summed E-state index contributed by atoms with van der Waals surface area (Å²) in [7, 11) is 3.31. The summed E-state index contributed by atoms with van der Waals surface area (Å²) in [6, 6.07) is 5.73. The monoisotopic (exact) mass is 267 g/mol. The maximum Gasteiger partial charge on any atom is 0.124 e. The van der Waals surface area contributed by atoms with Crippen LogP contribution in [0.4, 0.5) is 0 Å². The largest absolute Gasteiger partial charge is 0.497 e. The summed E-state index contributed by atoms with van der Waals surface area (Å²) in [6.45, 7) is 6.90. The highest BCUT2D eigenvalue weighted by Crippen LogP contribution is 2.24. The molecule has 0 unspecified atom stereocenters. The van der Waals surface area contributed by atoms with Crippen LogP contribution in [-0.4, -0.2) is 19.2 Å². The third-order valence-electron chi connectivity index (χ3n) is 2.61. The van der Waals surface area contributed by atoms with Crippen molar-refractivity contribution in [2.75, 3.05) is 14.2 Å². The molecule has 1 aromatic rings. The van der Waals surface area contributed by atoms with E-state index in [1.54, 1.807) is 14.2 Å². The number of thiocarbonyl (C=S) groups is 1. The van der Waals surface area contributed by atoms with E-state index in [1.807, 2.05) is 18.2 Å². The standard InChI is InChI=1S/C14H21NO2S/c1-14(2,3)13(18)15-9-10-8-11(16-4)6-7-12(10)17-5/h6-8H,9H2,1-5H3,(H,15,18). The van der Waals surface area contributed by atoms with Crippen LogP contribution in [0.5, 0.6) is 11.5 Å². The van der Waals surface area contributed by atoms with Gasteiger partial charge in [-0.2, -0.15) is 0 Å². The lowest BCUT2D eigenvalue weighted by molar-refractivity contribution is 0.398. The summed E-state index contributed by atoms with van der Waals surface area (Å²) in [6.07, 6.45) is 0. The molecule has 3 nitrogen and oxygen atoms in total. The lowest BCUT2D eigenvalue weighted by Gasteiger charge is -2.21. The van der Waals surface area contributed by atoms with Crippen molar-refractivity contribution in [1.29, 1.82) is 0 Å². The number of benzene rings is 1. The maximum absolute atomic E-state index is 5.35. The molecule has 100 valence electrons. The zero-order chi connectivity index (χ0) is 13.8. The number of hydrogen-bond acceptors (Lipinski definition) is 3. The fourth-order valence-electron chi connectivity index (χ4n) is 1.46. The van der Waals surface area contributed by atoms with Gasteiger partial charge >= 0.3 is 0 Å². The Morgan fingerprint density at radius 1 is 1.22 bits per heavy atom. The van der Waals surface area contributed by atoms with E-state index in [-0.39, 0.29) is 5.41 Å². The first-order valence-electron chi connectivity index (χ1n) is 5.87. The lowest BCUT2D eigenvalue weighted by Crippen LogP contribution is -2.32. The van der Waals surface area contributed by atoms with Crippen LogP contribution in [0.3, 0.4) is 0 Å². The molecule has 0 saturated heterocycles. The van der Waals surface area contributed by atoms with Crippen molar-refractivity contribution in [3.05, 3.63) is 23.8 Å². The minimum Gasteiger partial charge on any atom is -0.497 e. The van der Waals surface area contributed by atoms with Crippen molar-refractivity contribution >= 4 is 17.2 Å². The molecule has 0 radical (unpaired) electrons. The first kappa shape index (κ1) is 14.8. The van der Waals surface area contributed by atoms with Gasteiger partial charge in [-0.25, -0.2) is 0 Å². The average Bonchev–Trinajstić information content (AvgIpc) is 2.34. The lowest BCUT2D eigenvalue weighted by atomic mass is 9.96. The number of methoxy groups -OCH3 is 2. The summed E-state index contributed by atoms with van der Waals surface area (Å²) in [5.41, 5.74) is 1.00. The van der Waals surface area contributed by atoms with Gasteiger partial charge in [0.1, 0.15) is 11.5 Å². The fourth-order valence-corrected chi connectivity index (χ4v) is 1.53. The van der Waals surface area contributed by atoms with E-state index >= 15 is 0 Å². The molecule has 0 aliphatic heterocycles. The topological polar surface area (TPSA) is 30.5 Å². The van der Waals surface area contributed by atoms with Crippen LogP contribution in [0.25, 0.3) is 0 Å². The quantitative estimate of drug-likeness (QED) is 0.849. The SMILES string of the molecule is COc1ccc(OC)c(CNC(=S)C(C)(C)C)c1. The molecule has 0 aliphatic rings. The molecule has 0 atom stereocenters. The van der Waals surface area contributed by atoms with Crippen LogP contribution in [-0.2, 0) is 6.54 Å². The van der Waals surface area contributed by atoms with Crippen LogP contribution in [0.15, 0.2) is 18.2 Å². The van der Waals surface area contributed by atoms with Crippen molar-refractivity contribution in [2.24, 2.45) is 5.41 Å². The van der Waals surface area contributed by atoms with Crippen LogP contribution >= 0.6 is 12.2 Å². The Balaban J connectivity index is 2.80. The smallest absolute Gasteiger partial charge is 0.124 e. The summed E-state index contributed by atoms with van der Waals surface area (Å²) >= 11 is 5.35. The van der Waals surface area contributed by atoms with Crippen LogP contribution in [0, 0.1) is 5.41 Å². The molecule has 1 rings (SSSR count). The van der Waals surface area contributed by atoms with Gasteiger partial charge in [0.25, 0.3) is 0 Å². The van der Waals surface area contributed by atoms with Crippen molar-refractivity contribution < 1.29 is 9.47 Å². The van der Waals surface area contributed by atoms with Crippen LogP contribution < -0.4 is 14.8 Å². The van der Waals surface area contributed by atoms with Crippen molar-refractivity contribution in [2.45, 2.75) is 27.3 Å². The number of rotatable bonds is 4. The molecular formula is C14H21NO2S. The molecule has 0 aromatic heterocycles. The molecule has 0 aliphatic carbocycles. The van der Waals surface area contributed by atoms with E-state index in [2.05, 4.69) is 26.1 Å². The molecule has 0 heterocycles. The van der Waals surface area contributed by atoms with Crippen LogP contribution in [0.1, 0.15) is 26.3 Å². The molecular weight excluding hydrogens is 246 g/mol. The second-order valence-electron chi connectivity index (χ2n) is 5.11. The number of ether oxygens (including phenoxy) is 2. The molecule has 0 spiro atoms. The molecule has 1 N–H and O–H groups in total. The summed E-state index contributed by atoms with van der Waals surface area (Å²) in [4.78, 5) is 0.840. The second kappa shape index (κ2) is 6.05. The minimum absolute atomic E-state index is 0.0264. The van der Waals surface area contributed by atoms with E-state index in [9.17, 15) is 0 Å². The molecule has 18 heavy (non-hydrogen) atoms. The molecule has 4 heteroatoms. The van der Waals surface area contributed by atoms with Gasteiger partial charge in [-0.05, 0) is 18.2 Å². The third-order valence-corrected chi connectivity index (χ3v) is 3.36. The van der Waals surface area contributed by atoms with Gasteiger partial charge in [-0.15, -0.1) is 0 Å². The number of hydrogen-bond donors (Lipinski definition) is 1. The highest BCUT2D eigenvalue weighted by atomic mass is 32.1. The first-order valence-corrected chi connectivity index (χ1v) is 6.28. The Hall–Kier alpha value is -1.29. The Morgan fingerprint density at radius 2 is 1.89 bits per heavy atom. The first-order chi connectivity index (χ1) is 8.38. The molecule has 0 bridgehead atoms. The Kier molecular flexibility index (Phi) is 4.96. The number of nitrogens with one attached hydrogen (secondary N) is 1. The van der Waals surface area contributed by atoms with Crippen molar-refractivity contribution in [3.63, 3.8) is 0 Å². The van der Waals surface area contributed by atoms with Gasteiger partial charge in [-0.3, -0.25) is 0 Å². The van der Waals surface area contributed by atoms with Gasteiger partial charge < -0.3 is 14.8 Å². The van der Waals surface area contributed by atoms with Crippen molar-refractivity contribution in [1.82, 2.24) is 5.32 Å². The maximum atomic E-state index is 5.35. The zero-order valence-electron chi connectivity index (χ0n) is 11.7. The Bertz CT molecular complexity index is 424. The van der Waals surface area contributed by atoms with E-state index in [0.717, 1.165) is 22.1 Å². The molecule has 0 fully saturated rings. The van der Waals surface area contributed by atoms with Crippen LogP contribution in [0.2, 0.25) is 0 Å². The fraction of sp³-hybridized carbons (Fsp3) is 0.500. The molecule has 0 amide bonds. The van der Waals surface area contributed by atoms with E-state index in [4.69, 9.17) is 21.7 Å². The third kappa shape index (κ3) is 3.88. The minimum atomic E-state index is -0.0264. The van der Waals surface area contributed by atoms with E-state index < -0.39 is 0 Å². The molecule has 1 aromatic carbocycles. The summed E-state index contributed by atoms with van der Waals surface area (Å²) in [5, 5.41) is 3.26. The van der Waals surface area contributed by atoms with Crippen molar-refractivity contribution in [3.8, 4) is 11.5 Å². The summed E-state index contributed by atoms with van der Waals surface area (Å²) < 4.78 is 10.5.